The van der Waals surface area contributed by atoms with E-state index in [1.807, 2.05) is 17.5 Å². The van der Waals surface area contributed by atoms with Crippen molar-refractivity contribution in [3.63, 3.8) is 0 Å². The Morgan fingerprint density at radius 1 is 1.00 bits per heavy atom. The molecule has 2 amide bonds. The van der Waals surface area contributed by atoms with Crippen LogP contribution in [0.4, 0.5) is 18.3 Å². The zero-order chi connectivity index (χ0) is 21.6. The highest BCUT2D eigenvalue weighted by Gasteiger charge is 2.32. The van der Waals surface area contributed by atoms with E-state index >= 15 is 0 Å². The first-order chi connectivity index (χ1) is 14.3. The van der Waals surface area contributed by atoms with Gasteiger partial charge in [-0.05, 0) is 29.5 Å². The van der Waals surface area contributed by atoms with Crippen molar-refractivity contribution in [2.24, 2.45) is 0 Å². The Morgan fingerprint density at radius 3 is 2.53 bits per heavy atom. The molecule has 158 valence electrons. The van der Waals surface area contributed by atoms with Crippen LogP contribution in [-0.2, 0) is 35.0 Å². The first-order valence-corrected chi connectivity index (χ1v) is 10.8. The summed E-state index contributed by atoms with van der Waals surface area (Å²) < 4.78 is 39.0. The van der Waals surface area contributed by atoms with Gasteiger partial charge in [0, 0.05) is 16.8 Å². The molecule has 3 rings (SSSR count). The number of nitrogens with one attached hydrogen (secondary N) is 2. The summed E-state index contributed by atoms with van der Waals surface area (Å²) in [5.41, 5.74) is -0.0732. The number of thiazole rings is 1. The van der Waals surface area contributed by atoms with Crippen LogP contribution in [0.2, 0.25) is 0 Å². The summed E-state index contributed by atoms with van der Waals surface area (Å²) >= 11 is 2.70. The van der Waals surface area contributed by atoms with Gasteiger partial charge in [-0.1, -0.05) is 24.3 Å². The molecule has 0 saturated heterocycles. The molecule has 0 atom stereocenters. The van der Waals surface area contributed by atoms with Gasteiger partial charge in [-0.25, -0.2) is 4.98 Å². The second kappa shape index (κ2) is 9.86. The Kier molecular flexibility index (Phi) is 7.22. The minimum atomic E-state index is -4.43. The van der Waals surface area contributed by atoms with Crippen LogP contribution >= 0.6 is 22.7 Å². The van der Waals surface area contributed by atoms with Crippen molar-refractivity contribution in [3.8, 4) is 0 Å². The molecule has 0 aliphatic rings. The molecule has 30 heavy (non-hydrogen) atoms. The lowest BCUT2D eigenvalue weighted by atomic mass is 10.0. The van der Waals surface area contributed by atoms with E-state index in [1.54, 1.807) is 5.38 Å². The van der Waals surface area contributed by atoms with Gasteiger partial charge in [0.25, 0.3) is 0 Å². The molecule has 0 spiro atoms. The monoisotopic (exact) mass is 453 g/mol. The SMILES string of the molecule is O=C(Cc1csc(NC(=O)Cc2cccs2)n1)NCCc1ccccc1C(F)(F)F. The molecule has 0 saturated carbocycles. The van der Waals surface area contributed by atoms with Crippen LogP contribution in [0, 0.1) is 0 Å². The smallest absolute Gasteiger partial charge is 0.355 e. The molecule has 0 aliphatic carbocycles. The molecule has 0 bridgehead atoms. The maximum absolute atomic E-state index is 13.0. The fourth-order valence-corrected chi connectivity index (χ4v) is 4.19. The number of nitrogens with zero attached hydrogens (tertiary/aromatic N) is 1. The average molecular weight is 454 g/mol. The maximum atomic E-state index is 13.0. The molecule has 2 aromatic heterocycles. The van der Waals surface area contributed by atoms with Crippen molar-refractivity contribution in [2.75, 3.05) is 11.9 Å². The Labute approximate surface area is 179 Å². The minimum Gasteiger partial charge on any atom is -0.355 e. The second-order valence-corrected chi connectivity index (χ2v) is 8.27. The van der Waals surface area contributed by atoms with Gasteiger partial charge in [0.1, 0.15) is 0 Å². The Bertz CT molecular complexity index is 1000. The van der Waals surface area contributed by atoms with E-state index < -0.39 is 11.7 Å². The van der Waals surface area contributed by atoms with Crippen LogP contribution in [0.25, 0.3) is 0 Å². The van der Waals surface area contributed by atoms with Crippen LogP contribution in [-0.4, -0.2) is 23.3 Å². The Balaban J connectivity index is 1.45. The second-order valence-electron chi connectivity index (χ2n) is 6.38. The lowest BCUT2D eigenvalue weighted by Gasteiger charge is -2.12. The molecular weight excluding hydrogens is 435 g/mol. The first kappa shape index (κ1) is 22.0. The number of aromatic nitrogens is 1. The van der Waals surface area contributed by atoms with Crippen molar-refractivity contribution in [3.05, 3.63) is 68.9 Å². The van der Waals surface area contributed by atoms with Crippen molar-refractivity contribution in [1.29, 1.82) is 0 Å². The van der Waals surface area contributed by atoms with E-state index in [4.69, 9.17) is 0 Å². The summed E-state index contributed by atoms with van der Waals surface area (Å²) in [5, 5.41) is 9.27. The van der Waals surface area contributed by atoms with E-state index in [0.717, 1.165) is 10.9 Å². The Morgan fingerprint density at radius 2 is 1.80 bits per heavy atom. The molecule has 10 heteroatoms. The van der Waals surface area contributed by atoms with E-state index in [1.165, 1.54) is 40.9 Å². The third kappa shape index (κ3) is 6.39. The largest absolute Gasteiger partial charge is 0.416 e. The number of benzene rings is 1. The molecular formula is C20H18F3N3O2S2. The van der Waals surface area contributed by atoms with Gasteiger partial charge in [0.15, 0.2) is 5.13 Å². The molecule has 0 radical (unpaired) electrons. The van der Waals surface area contributed by atoms with Crippen LogP contribution < -0.4 is 10.6 Å². The number of hydrogen-bond donors (Lipinski definition) is 2. The van der Waals surface area contributed by atoms with Crippen molar-refractivity contribution >= 4 is 39.6 Å². The predicted octanol–water partition coefficient (Wildman–Crippen LogP) is 4.31. The molecule has 0 unspecified atom stereocenters. The zero-order valence-electron chi connectivity index (χ0n) is 15.7. The summed E-state index contributed by atoms with van der Waals surface area (Å²) in [6.07, 6.45) is -4.11. The highest BCUT2D eigenvalue weighted by atomic mass is 32.1. The number of halogens is 3. The van der Waals surface area contributed by atoms with E-state index in [9.17, 15) is 22.8 Å². The number of alkyl halides is 3. The van der Waals surface area contributed by atoms with Crippen LogP contribution in [0.3, 0.4) is 0 Å². The number of rotatable bonds is 8. The van der Waals surface area contributed by atoms with Crippen LogP contribution in [0.15, 0.2) is 47.2 Å². The molecule has 0 aliphatic heterocycles. The summed E-state index contributed by atoms with van der Waals surface area (Å²) in [6, 6.07) is 9.05. The summed E-state index contributed by atoms with van der Waals surface area (Å²) in [6.45, 7) is 0.0838. The van der Waals surface area contributed by atoms with Crippen molar-refractivity contribution < 1.29 is 22.8 Å². The molecule has 2 heterocycles. The topological polar surface area (TPSA) is 71.1 Å². The number of thiophene rings is 1. The maximum Gasteiger partial charge on any atom is 0.416 e. The van der Waals surface area contributed by atoms with Gasteiger partial charge in [-0.15, -0.1) is 22.7 Å². The summed E-state index contributed by atoms with van der Waals surface area (Å²) in [7, 11) is 0. The highest BCUT2D eigenvalue weighted by molar-refractivity contribution is 7.14. The third-order valence-electron chi connectivity index (χ3n) is 4.09. The van der Waals surface area contributed by atoms with Gasteiger partial charge in [-0.2, -0.15) is 13.2 Å². The molecule has 0 fully saturated rings. The molecule has 2 N–H and O–H groups in total. The highest BCUT2D eigenvalue weighted by Crippen LogP contribution is 2.31. The average Bonchev–Trinajstić information content (AvgIpc) is 3.33. The standard InChI is InChI=1S/C20H18F3N3O2S2/c21-20(22,23)16-6-2-1-4-13(16)7-8-24-17(27)10-14-12-30-19(25-14)26-18(28)11-15-5-3-9-29-15/h1-6,9,12H,7-8,10-11H2,(H,24,27)(H,25,26,28). The Hall–Kier alpha value is -2.72. The van der Waals surface area contributed by atoms with Crippen LogP contribution in [0.1, 0.15) is 21.7 Å². The normalized spacial score (nSPS) is 11.3. The first-order valence-electron chi connectivity index (χ1n) is 8.99. The van der Waals surface area contributed by atoms with Crippen molar-refractivity contribution in [1.82, 2.24) is 10.3 Å². The van der Waals surface area contributed by atoms with E-state index in [0.29, 0.717) is 10.8 Å². The van der Waals surface area contributed by atoms with Gasteiger partial charge < -0.3 is 10.6 Å². The number of hydrogen-bond acceptors (Lipinski definition) is 5. The quantitative estimate of drug-likeness (QED) is 0.534. The fraction of sp³-hybridized carbons (Fsp3) is 0.250. The number of carbonyl (C=O) groups is 2. The third-order valence-corrected chi connectivity index (χ3v) is 5.78. The number of amides is 2. The fourth-order valence-electron chi connectivity index (χ4n) is 2.76. The van der Waals surface area contributed by atoms with Gasteiger partial charge >= 0.3 is 6.18 Å². The lowest BCUT2D eigenvalue weighted by molar-refractivity contribution is -0.138. The number of anilines is 1. The summed E-state index contributed by atoms with van der Waals surface area (Å²) in [5.74, 6) is -0.535. The minimum absolute atomic E-state index is 0.0157. The number of carbonyl (C=O) groups excluding carboxylic acids is 2. The van der Waals surface area contributed by atoms with E-state index in [2.05, 4.69) is 15.6 Å². The molecule has 5 nitrogen and oxygen atoms in total. The predicted molar refractivity (Wildman–Crippen MR) is 111 cm³/mol. The van der Waals surface area contributed by atoms with E-state index in [-0.39, 0.29) is 43.2 Å². The van der Waals surface area contributed by atoms with Gasteiger partial charge in [0.2, 0.25) is 11.8 Å². The zero-order valence-corrected chi connectivity index (χ0v) is 17.3. The molecule has 3 aromatic rings. The van der Waals surface area contributed by atoms with Gasteiger partial charge in [0.05, 0.1) is 24.1 Å². The summed E-state index contributed by atoms with van der Waals surface area (Å²) in [4.78, 5) is 29.2. The molecule has 1 aromatic carbocycles. The van der Waals surface area contributed by atoms with Crippen LogP contribution in [0.5, 0.6) is 0 Å². The van der Waals surface area contributed by atoms with Gasteiger partial charge in [-0.3, -0.25) is 9.59 Å². The lowest BCUT2D eigenvalue weighted by Crippen LogP contribution is -2.28. The van der Waals surface area contributed by atoms with Crippen molar-refractivity contribution in [2.45, 2.75) is 25.4 Å².